The van der Waals surface area contributed by atoms with Gasteiger partial charge in [0.25, 0.3) is 0 Å². The summed E-state index contributed by atoms with van der Waals surface area (Å²) < 4.78 is 6.94. The Bertz CT molecular complexity index is 4140. The number of rotatable bonds is 10. The topological polar surface area (TPSA) is 19.6 Å². The van der Waals surface area contributed by atoms with Gasteiger partial charge in [0.15, 0.2) is 8.07 Å². The van der Waals surface area contributed by atoms with Crippen molar-refractivity contribution in [1.82, 2.24) is 0 Å². The first-order valence-corrected chi connectivity index (χ1v) is 28.1. The van der Waals surface area contributed by atoms with Gasteiger partial charge in [-0.15, -0.1) is 0 Å². The first-order chi connectivity index (χ1) is 37.7. The average Bonchev–Trinajstić information content (AvgIpc) is 3.94. The normalized spacial score (nSPS) is 12.6. The summed E-state index contributed by atoms with van der Waals surface area (Å²) in [5.41, 5.74) is 17.7. The molecule has 1 aliphatic rings. The highest BCUT2D eigenvalue weighted by Gasteiger charge is 2.48. The molecule has 0 unspecified atom stereocenters. The fourth-order valence-electron chi connectivity index (χ4n) is 11.7. The number of fused-ring (bicyclic) bond motifs is 5. The van der Waals surface area contributed by atoms with Crippen molar-refractivity contribution < 1.29 is 4.42 Å². The van der Waals surface area contributed by atoms with E-state index in [0.29, 0.717) is 0 Å². The molecule has 0 saturated heterocycles. The maximum Gasteiger partial charge on any atom is 0.184 e. The third-order valence-electron chi connectivity index (χ3n) is 15.4. The minimum absolute atomic E-state index is 0.837. The summed E-state index contributed by atoms with van der Waals surface area (Å²) >= 11 is 0. The smallest absolute Gasteiger partial charge is 0.184 e. The summed E-state index contributed by atoms with van der Waals surface area (Å²) in [5, 5.41) is 7.64. The number of hydrogen-bond acceptors (Lipinski definition) is 3. The van der Waals surface area contributed by atoms with Crippen LogP contribution in [0.1, 0.15) is 0 Å². The van der Waals surface area contributed by atoms with Crippen molar-refractivity contribution >= 4 is 84.9 Å². The van der Waals surface area contributed by atoms with Gasteiger partial charge in [-0.25, -0.2) is 0 Å². The van der Waals surface area contributed by atoms with E-state index < -0.39 is 8.07 Å². The molecule has 0 atom stereocenters. The minimum Gasteiger partial charge on any atom is -0.456 e. The molecule has 0 radical (unpaired) electrons. The largest absolute Gasteiger partial charge is 0.456 e. The third kappa shape index (κ3) is 7.74. The Labute approximate surface area is 444 Å². The summed E-state index contributed by atoms with van der Waals surface area (Å²) in [7, 11) is -2.82. The second kappa shape index (κ2) is 18.9. The van der Waals surface area contributed by atoms with Crippen molar-refractivity contribution in [2.45, 2.75) is 0 Å². The summed E-state index contributed by atoms with van der Waals surface area (Å²) in [4.78, 5) is 4.80. The number of nitrogens with zero attached hydrogens (tertiary/aromatic N) is 2. The molecule has 0 bridgehead atoms. The third-order valence-corrected chi connectivity index (χ3v) is 20.2. The van der Waals surface area contributed by atoms with Crippen LogP contribution in [0.4, 0.5) is 34.1 Å². The molecular weight excluding hydrogens is 937 g/mol. The van der Waals surface area contributed by atoms with E-state index in [9.17, 15) is 0 Å². The van der Waals surface area contributed by atoms with Gasteiger partial charge in [-0.05, 0) is 138 Å². The van der Waals surface area contributed by atoms with Crippen molar-refractivity contribution in [2.75, 3.05) is 9.80 Å². The lowest BCUT2D eigenvalue weighted by atomic mass is 10.00. The van der Waals surface area contributed by atoms with Gasteiger partial charge in [-0.3, -0.25) is 0 Å². The molecule has 3 nitrogen and oxygen atoms in total. The number of para-hydroxylation sites is 2. The van der Waals surface area contributed by atoms with Gasteiger partial charge in [0, 0.05) is 51.0 Å². The first kappa shape index (κ1) is 44.9. The molecule has 358 valence electrons. The van der Waals surface area contributed by atoms with Gasteiger partial charge in [0.05, 0.1) is 0 Å². The van der Waals surface area contributed by atoms with Crippen molar-refractivity contribution in [3.63, 3.8) is 0 Å². The predicted molar refractivity (Wildman–Crippen MR) is 322 cm³/mol. The van der Waals surface area contributed by atoms with Gasteiger partial charge in [0.1, 0.15) is 11.2 Å². The zero-order valence-electron chi connectivity index (χ0n) is 41.7. The van der Waals surface area contributed by atoms with Gasteiger partial charge in [-0.2, -0.15) is 0 Å². The van der Waals surface area contributed by atoms with Crippen molar-refractivity contribution in [3.05, 3.63) is 303 Å². The van der Waals surface area contributed by atoms with Crippen LogP contribution < -0.4 is 30.5 Å². The van der Waals surface area contributed by atoms with Crippen molar-refractivity contribution in [3.8, 4) is 44.5 Å². The molecule has 0 amide bonds. The minimum atomic E-state index is -2.82. The number of furan rings is 1. The molecule has 1 aromatic heterocycles. The van der Waals surface area contributed by atoms with Crippen LogP contribution in [0.2, 0.25) is 0 Å². The number of anilines is 6. The second-order valence-corrected chi connectivity index (χ2v) is 23.4. The Hall–Kier alpha value is -9.74. The molecule has 0 aliphatic carbocycles. The molecule has 0 saturated carbocycles. The molecule has 12 aromatic carbocycles. The van der Waals surface area contributed by atoms with Gasteiger partial charge < -0.3 is 14.2 Å². The molecule has 2 heterocycles. The van der Waals surface area contributed by atoms with E-state index in [1.165, 1.54) is 59.9 Å². The zero-order chi connectivity index (χ0) is 50.4. The molecule has 4 heteroatoms. The quantitative estimate of drug-likeness (QED) is 0.127. The highest BCUT2D eigenvalue weighted by Crippen LogP contribution is 2.43. The second-order valence-electron chi connectivity index (χ2n) is 19.6. The molecule has 76 heavy (non-hydrogen) atoms. The Morgan fingerprint density at radius 2 is 0.658 bits per heavy atom. The molecular formula is C72H50N2OSi. The van der Waals surface area contributed by atoms with Gasteiger partial charge in [0.2, 0.25) is 0 Å². The maximum absolute atomic E-state index is 6.94. The van der Waals surface area contributed by atoms with E-state index in [-0.39, 0.29) is 0 Å². The van der Waals surface area contributed by atoms with Crippen LogP contribution in [-0.2, 0) is 0 Å². The standard InChI is InChI=1S/C72H50N2OSi/c1-6-18-51(19-7-1)53-30-32-54(33-31-53)56-36-42-61(43-37-56)73(60-40-34-55(35-41-60)52-20-8-2-9-21-52)62-44-46-66-65-45-38-58(49-69(65)75-70(66)50-62)57-39-47-72-68(48-57)74(59-22-10-3-11-23-59)67-28-16-17-29-71(67)76(72,63-24-12-4-13-25-63)64-26-14-5-15-27-64/h1-50H. The van der Waals surface area contributed by atoms with Crippen LogP contribution >= 0.6 is 0 Å². The lowest BCUT2D eigenvalue weighted by molar-refractivity contribution is 0.669. The van der Waals surface area contributed by atoms with Crippen LogP contribution in [0.25, 0.3) is 66.4 Å². The van der Waals surface area contributed by atoms with E-state index >= 15 is 0 Å². The average molecular weight is 987 g/mol. The van der Waals surface area contributed by atoms with E-state index in [1.807, 2.05) is 0 Å². The van der Waals surface area contributed by atoms with Crippen LogP contribution in [0.15, 0.2) is 308 Å². The molecule has 0 spiro atoms. The SMILES string of the molecule is c1ccc(-c2ccc(-c3ccc(N(c4ccc(-c5ccccc5)cc4)c4ccc5c(c4)oc4cc(-c6ccc7c(c6)N(c6ccccc6)c6ccccc6[Si]7(c6ccccc6)c6ccccc6)ccc45)cc3)cc2)cc1. The van der Waals surface area contributed by atoms with Crippen molar-refractivity contribution in [1.29, 1.82) is 0 Å². The molecule has 0 N–H and O–H groups in total. The van der Waals surface area contributed by atoms with E-state index in [1.54, 1.807) is 0 Å². The first-order valence-electron chi connectivity index (χ1n) is 26.1. The predicted octanol–water partition coefficient (Wildman–Crippen LogP) is 16.9. The van der Waals surface area contributed by atoms with Crippen LogP contribution in [0.5, 0.6) is 0 Å². The van der Waals surface area contributed by atoms with Crippen LogP contribution in [-0.4, -0.2) is 8.07 Å². The monoisotopic (exact) mass is 986 g/mol. The molecule has 1 aliphatic heterocycles. The van der Waals surface area contributed by atoms with E-state index in [4.69, 9.17) is 4.42 Å². The summed E-state index contributed by atoms with van der Waals surface area (Å²) in [6, 6.07) is 111. The fraction of sp³-hybridized carbons (Fsp3) is 0. The lowest BCUT2D eigenvalue weighted by Gasteiger charge is -2.45. The van der Waals surface area contributed by atoms with Crippen molar-refractivity contribution in [2.24, 2.45) is 0 Å². The Kier molecular flexibility index (Phi) is 11.2. The van der Waals surface area contributed by atoms with Gasteiger partial charge >= 0.3 is 0 Å². The highest BCUT2D eigenvalue weighted by atomic mass is 28.3. The molecule has 0 fully saturated rings. The molecule has 13 aromatic rings. The van der Waals surface area contributed by atoms with Crippen LogP contribution in [0.3, 0.4) is 0 Å². The van der Waals surface area contributed by atoms with Gasteiger partial charge in [-0.1, -0.05) is 224 Å². The van der Waals surface area contributed by atoms with Crippen LogP contribution in [0, 0.1) is 0 Å². The zero-order valence-corrected chi connectivity index (χ0v) is 42.7. The summed E-state index contributed by atoms with van der Waals surface area (Å²) in [6.07, 6.45) is 0. The number of hydrogen-bond donors (Lipinski definition) is 0. The molecule has 14 rings (SSSR count). The lowest BCUT2D eigenvalue weighted by Crippen LogP contribution is -2.77. The Morgan fingerprint density at radius 1 is 0.276 bits per heavy atom. The summed E-state index contributed by atoms with van der Waals surface area (Å²) in [6.45, 7) is 0. The summed E-state index contributed by atoms with van der Waals surface area (Å²) in [5.74, 6) is 0. The van der Waals surface area contributed by atoms with E-state index in [2.05, 4.69) is 313 Å². The van der Waals surface area contributed by atoms with E-state index in [0.717, 1.165) is 61.4 Å². The Morgan fingerprint density at radius 3 is 1.21 bits per heavy atom. The fourth-order valence-corrected chi connectivity index (χ4v) is 16.8. The Balaban J connectivity index is 0.865. The number of benzene rings is 12. The maximum atomic E-state index is 6.94. The highest BCUT2D eigenvalue weighted by molar-refractivity contribution is 7.21.